The molecule has 0 bridgehead atoms. The second-order valence-corrected chi connectivity index (χ2v) is 1.84. The first kappa shape index (κ1) is 17.4. The second-order valence-electron chi connectivity index (χ2n) is 1.02. The Kier molecular flexibility index (Phi) is 10.2. The molecule has 0 aliphatic heterocycles. The Labute approximate surface area is 77.2 Å². The van der Waals surface area contributed by atoms with Crippen LogP contribution in [0.1, 0.15) is 0 Å². The van der Waals surface area contributed by atoms with Crippen molar-refractivity contribution >= 4 is 22.3 Å². The van der Waals surface area contributed by atoms with E-state index in [1.165, 1.54) is 0 Å². The Balaban J connectivity index is -0.000000126. The second kappa shape index (κ2) is 7.00. The first-order chi connectivity index (χ1) is 4.64. The van der Waals surface area contributed by atoms with Gasteiger partial charge in [0, 0.05) is 10.4 Å². The number of aliphatic carboxylic acids is 2. The molecule has 0 fully saturated rings. The minimum Gasteiger partial charge on any atom is -0.759 e. The molecule has 0 aromatic heterocycles. The molecular formula is C2H2CuO8S. The summed E-state index contributed by atoms with van der Waals surface area (Å²) in [5.74, 6) is -3.65. The summed E-state index contributed by atoms with van der Waals surface area (Å²) in [6.45, 7) is 0. The van der Waals surface area contributed by atoms with Gasteiger partial charge in [0.2, 0.25) is 0 Å². The van der Waals surface area contributed by atoms with Gasteiger partial charge < -0.3 is 19.3 Å². The van der Waals surface area contributed by atoms with Crippen LogP contribution >= 0.6 is 0 Å². The number of carboxylic acids is 2. The van der Waals surface area contributed by atoms with Gasteiger partial charge in [0.05, 0.1) is 0 Å². The molecule has 0 spiro atoms. The quantitative estimate of drug-likeness (QED) is 0.212. The van der Waals surface area contributed by atoms with Crippen molar-refractivity contribution in [2.24, 2.45) is 0 Å². The van der Waals surface area contributed by atoms with Gasteiger partial charge in [-0.1, -0.05) is 0 Å². The van der Waals surface area contributed by atoms with Gasteiger partial charge in [0.25, 0.3) is 0 Å². The van der Waals surface area contributed by atoms with Gasteiger partial charge in [-0.15, -0.1) is 0 Å². The van der Waals surface area contributed by atoms with Gasteiger partial charge in [0.1, 0.15) is 0 Å². The number of hydrogen-bond acceptors (Lipinski definition) is 6. The third-order valence-corrected chi connectivity index (χ3v) is 0.183. The van der Waals surface area contributed by atoms with E-state index in [-0.39, 0.29) is 17.1 Å². The van der Waals surface area contributed by atoms with Crippen LogP contribution in [-0.2, 0) is 37.1 Å². The van der Waals surface area contributed by atoms with Gasteiger partial charge in [0.15, 0.2) is 0 Å². The molecule has 0 aliphatic carbocycles. The Morgan fingerprint density at radius 2 is 1.08 bits per heavy atom. The zero-order valence-corrected chi connectivity index (χ0v) is 6.81. The monoisotopic (exact) mass is 249 g/mol. The molecule has 8 nitrogen and oxygen atoms in total. The van der Waals surface area contributed by atoms with E-state index >= 15 is 0 Å². The molecule has 75 valence electrons. The van der Waals surface area contributed by atoms with Crippen molar-refractivity contribution in [2.45, 2.75) is 0 Å². The minimum absolute atomic E-state index is 0. The van der Waals surface area contributed by atoms with Crippen molar-refractivity contribution in [3.63, 3.8) is 0 Å². The van der Waals surface area contributed by atoms with Gasteiger partial charge in [-0.2, -0.15) is 0 Å². The van der Waals surface area contributed by atoms with E-state index in [9.17, 15) is 0 Å². The van der Waals surface area contributed by atoms with Crippen LogP contribution in [0.4, 0.5) is 0 Å². The van der Waals surface area contributed by atoms with Crippen LogP contribution in [-0.4, -0.2) is 39.7 Å². The summed E-state index contributed by atoms with van der Waals surface area (Å²) in [6.07, 6.45) is 0. The molecular weight excluding hydrogens is 248 g/mol. The molecule has 0 amide bonds. The summed E-state index contributed by atoms with van der Waals surface area (Å²) in [5.41, 5.74) is 0. The van der Waals surface area contributed by atoms with Gasteiger partial charge in [-0.3, -0.25) is 8.42 Å². The maximum atomic E-state index is 9.10. The Morgan fingerprint density at radius 3 is 1.08 bits per heavy atom. The standard InChI is InChI=1S/C2H2O4.Cu.H2O4S/c3-1(4)2(5)6;;1-5(2,3)4/h(H,3,4)(H,5,6);;(H2,1,2,3,4)/q;+2;/p-2. The summed E-state index contributed by atoms with van der Waals surface area (Å²) in [6, 6.07) is 0. The molecule has 0 heterocycles. The summed E-state index contributed by atoms with van der Waals surface area (Å²) in [7, 11) is -5.17. The zero-order valence-electron chi connectivity index (χ0n) is 5.05. The Bertz CT molecular complexity index is 220. The summed E-state index contributed by atoms with van der Waals surface area (Å²) < 4.78 is 34.1. The third-order valence-electron chi connectivity index (χ3n) is 0.183. The molecule has 10 heteroatoms. The first-order valence-corrected chi connectivity index (χ1v) is 3.11. The SMILES string of the molecule is O=C(O)C(=O)O.O=S(=O)([O-])[O-].[Cu+2]. The predicted octanol–water partition coefficient (Wildman–Crippen LogP) is -2.18. The fraction of sp³-hybridized carbons (Fsp3) is 0. The van der Waals surface area contributed by atoms with Gasteiger partial charge >= 0.3 is 29.0 Å². The number of carbonyl (C=O) groups is 2. The van der Waals surface area contributed by atoms with E-state index < -0.39 is 22.3 Å². The molecule has 0 saturated heterocycles. The summed E-state index contributed by atoms with van der Waals surface area (Å²) in [4.78, 5) is 18.2. The van der Waals surface area contributed by atoms with E-state index in [1.807, 2.05) is 0 Å². The molecule has 0 aromatic carbocycles. The molecule has 0 atom stereocenters. The fourth-order valence-electron chi connectivity index (χ4n) is 0. The van der Waals surface area contributed by atoms with Crippen molar-refractivity contribution in [3.8, 4) is 0 Å². The molecule has 12 heavy (non-hydrogen) atoms. The minimum atomic E-state index is -5.17. The van der Waals surface area contributed by atoms with Crippen LogP contribution < -0.4 is 0 Å². The van der Waals surface area contributed by atoms with Crippen LogP contribution in [0.3, 0.4) is 0 Å². The average molecular weight is 250 g/mol. The summed E-state index contributed by atoms with van der Waals surface area (Å²) >= 11 is 0. The van der Waals surface area contributed by atoms with E-state index in [2.05, 4.69) is 0 Å². The molecule has 2 N–H and O–H groups in total. The van der Waals surface area contributed by atoms with E-state index in [1.54, 1.807) is 0 Å². The maximum Gasteiger partial charge on any atom is 2.00 e. The largest absolute Gasteiger partial charge is 2.00 e. The van der Waals surface area contributed by atoms with Crippen LogP contribution in [0.25, 0.3) is 0 Å². The van der Waals surface area contributed by atoms with Crippen LogP contribution in [0, 0.1) is 0 Å². The molecule has 1 radical (unpaired) electrons. The Hall–Kier alpha value is -0.671. The first-order valence-electron chi connectivity index (χ1n) is 1.77. The van der Waals surface area contributed by atoms with Crippen molar-refractivity contribution in [3.05, 3.63) is 0 Å². The molecule has 0 saturated carbocycles. The summed E-state index contributed by atoms with van der Waals surface area (Å²) in [5, 5.41) is 14.8. The van der Waals surface area contributed by atoms with Crippen molar-refractivity contribution < 1.29 is 54.4 Å². The maximum absolute atomic E-state index is 9.10. The topological polar surface area (TPSA) is 155 Å². The van der Waals surface area contributed by atoms with E-state index in [0.29, 0.717) is 0 Å². The smallest absolute Gasteiger partial charge is 0.759 e. The Morgan fingerprint density at radius 1 is 1.00 bits per heavy atom. The molecule has 0 unspecified atom stereocenters. The predicted molar refractivity (Wildman–Crippen MR) is 25.7 cm³/mol. The van der Waals surface area contributed by atoms with Crippen molar-refractivity contribution in [1.82, 2.24) is 0 Å². The van der Waals surface area contributed by atoms with E-state index in [4.69, 9.17) is 37.3 Å². The molecule has 0 aliphatic rings. The van der Waals surface area contributed by atoms with Gasteiger partial charge in [-0.05, 0) is 0 Å². The number of carboxylic acid groups (broad SMARTS) is 2. The van der Waals surface area contributed by atoms with Crippen LogP contribution in [0.5, 0.6) is 0 Å². The molecule has 0 aromatic rings. The van der Waals surface area contributed by atoms with E-state index in [0.717, 1.165) is 0 Å². The zero-order chi connectivity index (χ0) is 9.65. The third kappa shape index (κ3) is 58.4. The van der Waals surface area contributed by atoms with Crippen LogP contribution in [0.15, 0.2) is 0 Å². The number of hydrogen-bond donors (Lipinski definition) is 2. The average Bonchev–Trinajstić information content (AvgIpc) is 1.59. The van der Waals surface area contributed by atoms with Crippen LogP contribution in [0.2, 0.25) is 0 Å². The van der Waals surface area contributed by atoms with Crippen molar-refractivity contribution in [2.75, 3.05) is 0 Å². The molecule has 0 rings (SSSR count). The fourth-order valence-corrected chi connectivity index (χ4v) is 0. The number of rotatable bonds is 0. The van der Waals surface area contributed by atoms with Gasteiger partial charge in [-0.25, -0.2) is 9.59 Å². The van der Waals surface area contributed by atoms with Crippen molar-refractivity contribution in [1.29, 1.82) is 0 Å². The normalized spacial score (nSPS) is 8.50.